The molecule has 0 aliphatic carbocycles. The second-order valence-electron chi connectivity index (χ2n) is 7.93. The van der Waals surface area contributed by atoms with E-state index in [0.29, 0.717) is 33.6 Å². The molecule has 0 aliphatic rings. The van der Waals surface area contributed by atoms with Crippen molar-refractivity contribution in [1.29, 1.82) is 0 Å². The maximum Gasteiger partial charge on any atom is 0.280 e. The Morgan fingerprint density at radius 3 is 2.67 bits per heavy atom. The predicted octanol–water partition coefficient (Wildman–Crippen LogP) is 5.89. The molecule has 2 aromatic heterocycles. The highest BCUT2D eigenvalue weighted by Crippen LogP contribution is 2.27. The highest BCUT2D eigenvalue weighted by Gasteiger charge is 2.16. The van der Waals surface area contributed by atoms with Gasteiger partial charge in [0.25, 0.3) is 5.91 Å². The summed E-state index contributed by atoms with van der Waals surface area (Å²) in [6.07, 6.45) is 4.70. The van der Waals surface area contributed by atoms with Crippen molar-refractivity contribution in [1.82, 2.24) is 20.0 Å². The maximum absolute atomic E-state index is 13.0. The first kappa shape index (κ1) is 20.9. The van der Waals surface area contributed by atoms with Gasteiger partial charge in [-0.2, -0.15) is 4.68 Å². The van der Waals surface area contributed by atoms with Gasteiger partial charge in [0, 0.05) is 11.1 Å². The molecule has 5 rings (SSSR count). The molecule has 5 aromatic rings. The van der Waals surface area contributed by atoms with Crippen LogP contribution in [0.3, 0.4) is 0 Å². The number of benzene rings is 3. The number of hydrogen-bond acceptors (Lipinski definition) is 6. The largest absolute Gasteiger partial charge is 0.494 e. The van der Waals surface area contributed by atoms with Crippen LogP contribution in [0.5, 0.6) is 5.75 Å². The van der Waals surface area contributed by atoms with Crippen LogP contribution in [0, 0.1) is 0 Å². The number of fused-ring (bicyclic) bond motifs is 2. The Kier molecular flexibility index (Phi) is 5.85. The van der Waals surface area contributed by atoms with Crippen molar-refractivity contribution in [3.8, 4) is 17.2 Å². The van der Waals surface area contributed by atoms with E-state index in [9.17, 15) is 4.79 Å². The smallest absolute Gasteiger partial charge is 0.280 e. The number of oxazole rings is 1. The SMILES string of the molecule is CCCCCCOc1ccc(-c2nc3cc(C(=O)n4nnc5ccccc54)ccc3o2)cc1. The van der Waals surface area contributed by atoms with E-state index in [-0.39, 0.29) is 5.91 Å². The number of carbonyl (C=O) groups excluding carboxylic acids is 1. The Labute approximate surface area is 191 Å². The molecule has 7 nitrogen and oxygen atoms in total. The van der Waals surface area contributed by atoms with Crippen LogP contribution in [0.2, 0.25) is 0 Å². The van der Waals surface area contributed by atoms with Gasteiger partial charge in [-0.3, -0.25) is 4.79 Å². The van der Waals surface area contributed by atoms with Gasteiger partial charge in [0.05, 0.1) is 12.1 Å². The molecule has 7 heteroatoms. The molecule has 0 spiro atoms. The number of para-hydroxylation sites is 1. The third kappa shape index (κ3) is 4.35. The summed E-state index contributed by atoms with van der Waals surface area (Å²) in [7, 11) is 0. The molecular formula is C26H24N4O3. The van der Waals surface area contributed by atoms with Gasteiger partial charge in [-0.15, -0.1) is 5.10 Å². The molecule has 0 unspecified atom stereocenters. The van der Waals surface area contributed by atoms with Gasteiger partial charge < -0.3 is 9.15 Å². The van der Waals surface area contributed by atoms with Gasteiger partial charge in [-0.1, -0.05) is 43.5 Å². The minimum absolute atomic E-state index is 0.268. The molecule has 0 saturated heterocycles. The van der Waals surface area contributed by atoms with Crippen LogP contribution >= 0.6 is 0 Å². The molecule has 0 fully saturated rings. The Morgan fingerprint density at radius 1 is 0.970 bits per heavy atom. The summed E-state index contributed by atoms with van der Waals surface area (Å²) in [5.74, 6) is 1.06. The summed E-state index contributed by atoms with van der Waals surface area (Å²) in [4.78, 5) is 17.6. The summed E-state index contributed by atoms with van der Waals surface area (Å²) in [5.41, 5.74) is 3.86. The zero-order valence-corrected chi connectivity index (χ0v) is 18.4. The number of unbranched alkanes of at least 4 members (excludes halogenated alkanes) is 3. The van der Waals surface area contributed by atoms with E-state index in [0.717, 1.165) is 24.3 Å². The number of rotatable bonds is 8. The highest BCUT2D eigenvalue weighted by atomic mass is 16.5. The molecule has 2 heterocycles. The van der Waals surface area contributed by atoms with E-state index < -0.39 is 0 Å². The first-order valence-electron chi connectivity index (χ1n) is 11.2. The third-order valence-corrected chi connectivity index (χ3v) is 5.55. The number of ether oxygens (including phenoxy) is 1. The number of aromatic nitrogens is 4. The van der Waals surface area contributed by atoms with Gasteiger partial charge >= 0.3 is 0 Å². The lowest BCUT2D eigenvalue weighted by atomic mass is 10.2. The zero-order valence-electron chi connectivity index (χ0n) is 18.4. The molecule has 166 valence electrons. The van der Waals surface area contributed by atoms with Crippen LogP contribution < -0.4 is 4.74 Å². The molecule has 0 aliphatic heterocycles. The molecule has 0 amide bonds. The van der Waals surface area contributed by atoms with Crippen molar-refractivity contribution >= 4 is 28.0 Å². The van der Waals surface area contributed by atoms with Crippen molar-refractivity contribution in [2.24, 2.45) is 0 Å². The summed E-state index contributed by atoms with van der Waals surface area (Å²) in [6, 6.07) is 20.3. The van der Waals surface area contributed by atoms with Crippen molar-refractivity contribution in [3.05, 3.63) is 72.3 Å². The van der Waals surface area contributed by atoms with Crippen molar-refractivity contribution in [3.63, 3.8) is 0 Å². The molecule has 0 radical (unpaired) electrons. The summed E-state index contributed by atoms with van der Waals surface area (Å²) < 4.78 is 13.0. The lowest BCUT2D eigenvalue weighted by Gasteiger charge is -2.06. The fourth-order valence-electron chi connectivity index (χ4n) is 3.74. The van der Waals surface area contributed by atoms with Crippen LogP contribution in [-0.2, 0) is 0 Å². The zero-order chi connectivity index (χ0) is 22.6. The first-order chi connectivity index (χ1) is 16.2. The van der Waals surface area contributed by atoms with Crippen LogP contribution in [0.25, 0.3) is 33.6 Å². The van der Waals surface area contributed by atoms with Gasteiger partial charge in [-0.05, 0) is 61.0 Å². The topological polar surface area (TPSA) is 83.0 Å². The van der Waals surface area contributed by atoms with E-state index >= 15 is 0 Å². The second-order valence-corrected chi connectivity index (χ2v) is 7.93. The molecule has 3 aromatic carbocycles. The average molecular weight is 441 g/mol. The van der Waals surface area contributed by atoms with Gasteiger partial charge in [0.15, 0.2) is 5.58 Å². The highest BCUT2D eigenvalue weighted by molar-refractivity contribution is 6.02. The predicted molar refractivity (Wildman–Crippen MR) is 126 cm³/mol. The number of carbonyl (C=O) groups is 1. The average Bonchev–Trinajstić information content (AvgIpc) is 3.48. The van der Waals surface area contributed by atoms with Crippen LogP contribution in [0.1, 0.15) is 43.0 Å². The van der Waals surface area contributed by atoms with Crippen LogP contribution in [0.15, 0.2) is 71.1 Å². The molecule has 33 heavy (non-hydrogen) atoms. The van der Waals surface area contributed by atoms with Crippen LogP contribution in [-0.4, -0.2) is 32.5 Å². The monoisotopic (exact) mass is 440 g/mol. The fraction of sp³-hybridized carbons (Fsp3) is 0.231. The molecule has 0 saturated carbocycles. The van der Waals surface area contributed by atoms with Gasteiger partial charge in [0.2, 0.25) is 5.89 Å². The summed E-state index contributed by atoms with van der Waals surface area (Å²) in [5, 5.41) is 8.07. The Bertz CT molecular complexity index is 1400. The van der Waals surface area contributed by atoms with E-state index in [1.54, 1.807) is 18.2 Å². The third-order valence-electron chi connectivity index (χ3n) is 5.55. The number of hydrogen-bond donors (Lipinski definition) is 0. The van der Waals surface area contributed by atoms with Crippen molar-refractivity contribution in [2.75, 3.05) is 6.61 Å². The lowest BCUT2D eigenvalue weighted by Crippen LogP contribution is -2.13. The molecular weight excluding hydrogens is 416 g/mol. The Morgan fingerprint density at radius 2 is 1.82 bits per heavy atom. The van der Waals surface area contributed by atoms with Crippen molar-refractivity contribution in [2.45, 2.75) is 32.6 Å². The van der Waals surface area contributed by atoms with E-state index in [4.69, 9.17) is 9.15 Å². The fourth-order valence-corrected chi connectivity index (χ4v) is 3.74. The first-order valence-corrected chi connectivity index (χ1v) is 11.2. The van der Waals surface area contributed by atoms with E-state index in [2.05, 4.69) is 22.2 Å². The summed E-state index contributed by atoms with van der Waals surface area (Å²) >= 11 is 0. The van der Waals surface area contributed by atoms with Gasteiger partial charge in [-0.25, -0.2) is 4.98 Å². The lowest BCUT2D eigenvalue weighted by molar-refractivity contribution is 0.0948. The van der Waals surface area contributed by atoms with E-state index in [1.807, 2.05) is 48.5 Å². The summed E-state index contributed by atoms with van der Waals surface area (Å²) in [6.45, 7) is 2.92. The molecule has 0 bridgehead atoms. The standard InChI is InChI=1S/C26H24N4O3/c1-2-3-4-7-16-32-20-13-10-18(11-14-20)25-27-22-17-19(12-15-24(22)33-25)26(31)30-23-9-6-5-8-21(23)28-29-30/h5-6,8-15,17H,2-4,7,16H2,1H3. The quantitative estimate of drug-likeness (QED) is 0.280. The molecule has 0 N–H and O–H groups in total. The minimum atomic E-state index is -0.268. The second kappa shape index (κ2) is 9.24. The maximum atomic E-state index is 13.0. The normalized spacial score (nSPS) is 11.3. The molecule has 0 atom stereocenters. The van der Waals surface area contributed by atoms with E-state index in [1.165, 1.54) is 23.9 Å². The van der Waals surface area contributed by atoms with Crippen molar-refractivity contribution < 1.29 is 13.9 Å². The Balaban J connectivity index is 1.33. The van der Waals surface area contributed by atoms with Crippen LogP contribution in [0.4, 0.5) is 0 Å². The van der Waals surface area contributed by atoms with Gasteiger partial charge in [0.1, 0.15) is 16.8 Å². The number of nitrogens with zero attached hydrogens (tertiary/aromatic N) is 4. The Hall–Kier alpha value is -4.00. The minimum Gasteiger partial charge on any atom is -0.494 e.